The van der Waals surface area contributed by atoms with Crippen LogP contribution in [0.5, 0.6) is 0 Å². The Balaban J connectivity index is 1.42. The number of thiophene rings is 2. The van der Waals surface area contributed by atoms with Gasteiger partial charge in [0, 0.05) is 9.75 Å². The summed E-state index contributed by atoms with van der Waals surface area (Å²) in [6.07, 6.45) is 7.36. The molecule has 0 aliphatic heterocycles. The molecule has 0 fully saturated rings. The second-order valence-corrected chi connectivity index (χ2v) is 10.1. The van der Waals surface area contributed by atoms with E-state index >= 15 is 0 Å². The van der Waals surface area contributed by atoms with E-state index < -0.39 is 0 Å². The van der Waals surface area contributed by atoms with Gasteiger partial charge in [-0.05, 0) is 55.6 Å². The van der Waals surface area contributed by atoms with E-state index in [2.05, 4.69) is 23.3 Å². The molecular weight excluding hydrogens is 404 g/mol. The number of nitrogens with zero attached hydrogens (tertiary/aromatic N) is 3. The number of nitriles is 1. The lowest BCUT2D eigenvalue weighted by molar-refractivity contribution is -0.116. The number of carbonyl (C=O) groups excluding carboxylic acids is 1. The normalized spacial score (nSPS) is 17.7. The van der Waals surface area contributed by atoms with E-state index in [1.165, 1.54) is 32.0 Å². The molecule has 3 aromatic rings. The summed E-state index contributed by atoms with van der Waals surface area (Å²) in [7, 11) is 0. The lowest BCUT2D eigenvalue weighted by Crippen LogP contribution is -2.28. The Kier molecular flexibility index (Phi) is 4.52. The van der Waals surface area contributed by atoms with E-state index in [1.807, 2.05) is 0 Å². The van der Waals surface area contributed by atoms with Crippen LogP contribution in [0.4, 0.5) is 5.00 Å². The molecule has 29 heavy (non-hydrogen) atoms. The van der Waals surface area contributed by atoms with Gasteiger partial charge in [-0.1, -0.05) is 6.92 Å². The molecule has 0 unspecified atom stereocenters. The van der Waals surface area contributed by atoms with Gasteiger partial charge in [-0.2, -0.15) is 5.26 Å². The van der Waals surface area contributed by atoms with Gasteiger partial charge in [-0.3, -0.25) is 14.2 Å². The topological polar surface area (TPSA) is 87.8 Å². The summed E-state index contributed by atoms with van der Waals surface area (Å²) in [5.74, 6) is 0.327. The van der Waals surface area contributed by atoms with Crippen molar-refractivity contribution >= 4 is 43.8 Å². The van der Waals surface area contributed by atoms with Gasteiger partial charge in [0.05, 0.1) is 17.3 Å². The van der Waals surface area contributed by atoms with Gasteiger partial charge in [0.25, 0.3) is 5.56 Å². The number of aromatic nitrogens is 2. The predicted octanol–water partition coefficient (Wildman–Crippen LogP) is 3.64. The van der Waals surface area contributed by atoms with Crippen molar-refractivity contribution in [2.45, 2.75) is 52.0 Å². The monoisotopic (exact) mass is 424 g/mol. The first-order chi connectivity index (χ1) is 14.0. The summed E-state index contributed by atoms with van der Waals surface area (Å²) in [5.41, 5.74) is 2.63. The lowest BCUT2D eigenvalue weighted by atomic mass is 9.89. The van der Waals surface area contributed by atoms with Crippen molar-refractivity contribution in [3.8, 4) is 6.07 Å². The molecule has 0 saturated heterocycles. The summed E-state index contributed by atoms with van der Waals surface area (Å²) in [6.45, 7) is 2.13. The Morgan fingerprint density at radius 1 is 1.31 bits per heavy atom. The van der Waals surface area contributed by atoms with Crippen LogP contribution in [0.2, 0.25) is 0 Å². The summed E-state index contributed by atoms with van der Waals surface area (Å²) in [5, 5.41) is 13.6. The number of amides is 1. The molecule has 3 heterocycles. The molecule has 148 valence electrons. The van der Waals surface area contributed by atoms with Crippen LogP contribution in [0.15, 0.2) is 11.1 Å². The SMILES string of the molecule is C[C@@H]1CCc2c(sc3ncn(CC(=O)Nc4sc5c(c4C#N)CCC5)c(=O)c23)C1. The maximum absolute atomic E-state index is 13.1. The van der Waals surface area contributed by atoms with Crippen molar-refractivity contribution in [3.05, 3.63) is 43.1 Å². The average Bonchev–Trinajstić information content (AvgIpc) is 3.36. The molecule has 6 nitrogen and oxygen atoms in total. The smallest absolute Gasteiger partial charge is 0.262 e. The van der Waals surface area contributed by atoms with Crippen molar-refractivity contribution in [3.63, 3.8) is 0 Å². The molecule has 3 aromatic heterocycles. The van der Waals surface area contributed by atoms with Gasteiger partial charge >= 0.3 is 0 Å². The highest BCUT2D eigenvalue weighted by Gasteiger charge is 2.25. The minimum atomic E-state index is -0.303. The van der Waals surface area contributed by atoms with Gasteiger partial charge < -0.3 is 5.32 Å². The molecule has 0 aromatic carbocycles. The first kappa shape index (κ1) is 18.5. The number of anilines is 1. The Morgan fingerprint density at radius 3 is 3.00 bits per heavy atom. The number of hydrogen-bond donors (Lipinski definition) is 1. The summed E-state index contributed by atoms with van der Waals surface area (Å²) >= 11 is 3.09. The number of hydrogen-bond acceptors (Lipinski definition) is 6. The van der Waals surface area contributed by atoms with E-state index in [4.69, 9.17) is 0 Å². The molecule has 0 saturated carbocycles. The zero-order chi connectivity index (χ0) is 20.1. The molecule has 2 aliphatic carbocycles. The average molecular weight is 425 g/mol. The molecule has 0 bridgehead atoms. The highest BCUT2D eigenvalue weighted by Crippen LogP contribution is 2.38. The Labute approximate surface area is 175 Å². The number of rotatable bonds is 3. The Bertz CT molecular complexity index is 1240. The predicted molar refractivity (Wildman–Crippen MR) is 115 cm³/mol. The first-order valence-corrected chi connectivity index (χ1v) is 11.5. The van der Waals surface area contributed by atoms with E-state index in [-0.39, 0.29) is 18.0 Å². The van der Waals surface area contributed by atoms with Gasteiger partial charge in [0.1, 0.15) is 22.4 Å². The molecule has 8 heteroatoms. The van der Waals surface area contributed by atoms with Crippen LogP contribution >= 0.6 is 22.7 Å². The van der Waals surface area contributed by atoms with Gasteiger partial charge in [-0.25, -0.2) is 4.98 Å². The van der Waals surface area contributed by atoms with Crippen molar-refractivity contribution in [1.82, 2.24) is 9.55 Å². The van der Waals surface area contributed by atoms with Crippen molar-refractivity contribution in [2.75, 3.05) is 5.32 Å². The maximum Gasteiger partial charge on any atom is 0.262 e. The van der Waals surface area contributed by atoms with E-state index in [9.17, 15) is 14.9 Å². The lowest BCUT2D eigenvalue weighted by Gasteiger charge is -2.17. The van der Waals surface area contributed by atoms with Crippen LogP contribution in [0.3, 0.4) is 0 Å². The summed E-state index contributed by atoms with van der Waals surface area (Å²) < 4.78 is 1.38. The molecule has 0 radical (unpaired) electrons. The van der Waals surface area contributed by atoms with Crippen LogP contribution in [-0.4, -0.2) is 15.5 Å². The van der Waals surface area contributed by atoms with Gasteiger partial charge in [0.2, 0.25) is 5.91 Å². The second-order valence-electron chi connectivity index (χ2n) is 7.93. The molecule has 1 N–H and O–H groups in total. The standard InChI is InChI=1S/C21H20N4O2S2/c1-11-5-6-13-16(7-11)29-20-18(13)21(27)25(10-23-20)9-17(26)24-19-14(8-22)12-3-2-4-15(12)28-19/h10-11H,2-7,9H2,1H3,(H,24,26)/t11-/m1/s1. The highest BCUT2D eigenvalue weighted by atomic mass is 32.1. The fourth-order valence-electron chi connectivity index (χ4n) is 4.41. The van der Waals surface area contributed by atoms with Gasteiger partial charge in [0.15, 0.2) is 0 Å². The Hall–Kier alpha value is -2.50. The van der Waals surface area contributed by atoms with Gasteiger partial charge in [-0.15, -0.1) is 22.7 Å². The summed E-state index contributed by atoms with van der Waals surface area (Å²) in [4.78, 5) is 33.4. The largest absolute Gasteiger partial charge is 0.315 e. The number of carbonyl (C=O) groups is 1. The third-order valence-corrected chi connectivity index (χ3v) is 8.25. The fourth-order valence-corrected chi connectivity index (χ4v) is 7.01. The van der Waals surface area contributed by atoms with Crippen LogP contribution in [0.25, 0.3) is 10.2 Å². The van der Waals surface area contributed by atoms with Crippen molar-refractivity contribution < 1.29 is 4.79 Å². The van der Waals surface area contributed by atoms with E-state index in [1.54, 1.807) is 11.3 Å². The van der Waals surface area contributed by atoms with Crippen LogP contribution in [-0.2, 0) is 37.0 Å². The van der Waals surface area contributed by atoms with Crippen molar-refractivity contribution in [2.24, 2.45) is 5.92 Å². The number of fused-ring (bicyclic) bond motifs is 4. The van der Waals surface area contributed by atoms with E-state index in [0.29, 0.717) is 21.9 Å². The minimum Gasteiger partial charge on any atom is -0.315 e. The Morgan fingerprint density at radius 2 is 2.17 bits per heavy atom. The minimum absolute atomic E-state index is 0.101. The molecule has 2 aliphatic rings. The maximum atomic E-state index is 13.1. The zero-order valence-corrected chi connectivity index (χ0v) is 17.7. The zero-order valence-electron chi connectivity index (χ0n) is 16.1. The second kappa shape index (κ2) is 7.08. The van der Waals surface area contributed by atoms with Crippen molar-refractivity contribution in [1.29, 1.82) is 5.26 Å². The first-order valence-electron chi connectivity index (χ1n) is 9.89. The highest BCUT2D eigenvalue weighted by molar-refractivity contribution is 7.18. The number of nitrogens with one attached hydrogen (secondary N) is 1. The molecule has 1 atom stereocenters. The van der Waals surface area contributed by atoms with Crippen LogP contribution < -0.4 is 10.9 Å². The van der Waals surface area contributed by atoms with E-state index in [0.717, 1.165) is 54.5 Å². The quantitative estimate of drug-likeness (QED) is 0.695. The molecule has 5 rings (SSSR count). The summed E-state index contributed by atoms with van der Waals surface area (Å²) in [6, 6.07) is 2.23. The van der Waals surface area contributed by atoms with Crippen LogP contribution in [0, 0.1) is 17.2 Å². The molecule has 0 spiro atoms. The molecular formula is C21H20N4O2S2. The number of aryl methyl sites for hydroxylation is 2. The third kappa shape index (κ3) is 3.09. The third-order valence-electron chi connectivity index (χ3n) is 5.88. The fraction of sp³-hybridized carbons (Fsp3) is 0.429. The molecule has 1 amide bonds. The van der Waals surface area contributed by atoms with Crippen LogP contribution in [0.1, 0.15) is 46.2 Å².